The second-order valence-corrected chi connectivity index (χ2v) is 11.4. The number of furan rings is 2. The van der Waals surface area contributed by atoms with E-state index < -0.39 is 0 Å². The van der Waals surface area contributed by atoms with Crippen molar-refractivity contribution < 1.29 is 8.83 Å². The number of rotatable bonds is 3. The lowest BCUT2D eigenvalue weighted by molar-refractivity contribution is 0.667. The number of aromatic nitrogens is 3. The molecule has 10 aromatic rings. The van der Waals surface area contributed by atoms with E-state index in [0.29, 0.717) is 11.4 Å². The summed E-state index contributed by atoms with van der Waals surface area (Å²) in [6, 6.07) is 47.8. The van der Waals surface area contributed by atoms with E-state index in [4.69, 9.17) is 18.8 Å². The van der Waals surface area contributed by atoms with Gasteiger partial charge in [0, 0.05) is 38.1 Å². The van der Waals surface area contributed by atoms with Crippen LogP contribution in [0.4, 0.5) is 0 Å². The van der Waals surface area contributed by atoms with Gasteiger partial charge in [-0.25, -0.2) is 9.97 Å². The zero-order valence-electron chi connectivity index (χ0n) is 23.9. The molecule has 45 heavy (non-hydrogen) atoms. The Kier molecular flexibility index (Phi) is 4.93. The van der Waals surface area contributed by atoms with Gasteiger partial charge in [0.1, 0.15) is 28.0 Å². The Morgan fingerprint density at radius 3 is 2.02 bits per heavy atom. The van der Waals surface area contributed by atoms with Crippen LogP contribution in [0, 0.1) is 0 Å². The van der Waals surface area contributed by atoms with Crippen molar-refractivity contribution in [1.82, 2.24) is 14.5 Å². The molecule has 0 aliphatic rings. The molecule has 6 aromatic carbocycles. The molecule has 0 bridgehead atoms. The number of nitrogens with zero attached hydrogens (tertiary/aromatic N) is 3. The zero-order valence-corrected chi connectivity index (χ0v) is 23.9. The summed E-state index contributed by atoms with van der Waals surface area (Å²) in [5.41, 5.74) is 9.95. The largest absolute Gasteiger partial charge is 0.456 e. The van der Waals surface area contributed by atoms with Crippen LogP contribution in [0.3, 0.4) is 0 Å². The number of hydrogen-bond acceptors (Lipinski definition) is 4. The lowest BCUT2D eigenvalue weighted by Crippen LogP contribution is -2.00. The Bertz CT molecular complexity index is 2770. The van der Waals surface area contributed by atoms with E-state index in [1.807, 2.05) is 48.5 Å². The SMILES string of the molecule is c1ccc(-c2nc(-c3ccccc3-n3c4ccccc4c4cc5oc6ccccc6c5cc43)nc3c2oc2ccccc23)cc1. The lowest BCUT2D eigenvalue weighted by Gasteiger charge is -2.14. The van der Waals surface area contributed by atoms with E-state index in [-0.39, 0.29) is 0 Å². The Labute approximate surface area is 256 Å². The molecule has 0 spiro atoms. The molecule has 0 radical (unpaired) electrons. The van der Waals surface area contributed by atoms with E-state index in [1.165, 1.54) is 0 Å². The second-order valence-electron chi connectivity index (χ2n) is 11.4. The maximum atomic E-state index is 6.38. The molecule has 0 saturated carbocycles. The molecule has 0 saturated heterocycles. The van der Waals surface area contributed by atoms with E-state index >= 15 is 0 Å². The Morgan fingerprint density at radius 1 is 0.467 bits per heavy atom. The summed E-state index contributed by atoms with van der Waals surface area (Å²) in [6.45, 7) is 0. The van der Waals surface area contributed by atoms with E-state index in [2.05, 4.69) is 95.6 Å². The molecule has 210 valence electrons. The molecule has 4 aromatic heterocycles. The maximum absolute atomic E-state index is 6.38. The molecule has 0 atom stereocenters. The summed E-state index contributed by atoms with van der Waals surface area (Å²) >= 11 is 0. The van der Waals surface area contributed by atoms with Crippen LogP contribution in [0.5, 0.6) is 0 Å². The molecule has 0 unspecified atom stereocenters. The van der Waals surface area contributed by atoms with Crippen molar-refractivity contribution in [2.45, 2.75) is 0 Å². The quantitative estimate of drug-likeness (QED) is 0.210. The highest BCUT2D eigenvalue weighted by molar-refractivity contribution is 6.17. The van der Waals surface area contributed by atoms with Gasteiger partial charge in [-0.2, -0.15) is 0 Å². The summed E-state index contributed by atoms with van der Waals surface area (Å²) in [4.78, 5) is 10.4. The van der Waals surface area contributed by atoms with Crippen molar-refractivity contribution in [3.63, 3.8) is 0 Å². The third-order valence-electron chi connectivity index (χ3n) is 8.82. The zero-order chi connectivity index (χ0) is 29.5. The number of para-hydroxylation sites is 4. The third kappa shape index (κ3) is 3.49. The molecule has 0 N–H and O–H groups in total. The van der Waals surface area contributed by atoms with Crippen molar-refractivity contribution >= 4 is 65.8 Å². The first kappa shape index (κ1) is 24.3. The van der Waals surface area contributed by atoms with Gasteiger partial charge in [-0.05, 0) is 48.5 Å². The Balaban J connectivity index is 1.31. The monoisotopic (exact) mass is 577 g/mol. The molecule has 10 rings (SSSR count). The normalized spacial score (nSPS) is 12.0. The second kappa shape index (κ2) is 9.15. The van der Waals surface area contributed by atoms with Crippen molar-refractivity contribution in [1.29, 1.82) is 0 Å². The minimum absolute atomic E-state index is 0.643. The summed E-state index contributed by atoms with van der Waals surface area (Å²) < 4.78 is 15.0. The number of benzene rings is 6. The third-order valence-corrected chi connectivity index (χ3v) is 8.82. The average molecular weight is 578 g/mol. The minimum atomic E-state index is 0.643. The van der Waals surface area contributed by atoms with Gasteiger partial charge in [-0.1, -0.05) is 91.0 Å². The van der Waals surface area contributed by atoms with Gasteiger partial charge < -0.3 is 13.4 Å². The fraction of sp³-hybridized carbons (Fsp3) is 0. The highest BCUT2D eigenvalue weighted by atomic mass is 16.3. The molecule has 5 heteroatoms. The average Bonchev–Trinajstić information content (AvgIpc) is 3.76. The van der Waals surface area contributed by atoms with Crippen LogP contribution in [0.25, 0.3) is 94.1 Å². The van der Waals surface area contributed by atoms with Gasteiger partial charge in [0.25, 0.3) is 0 Å². The molecule has 4 heterocycles. The topological polar surface area (TPSA) is 57.0 Å². The van der Waals surface area contributed by atoms with Crippen molar-refractivity contribution in [2.24, 2.45) is 0 Å². The Morgan fingerprint density at radius 2 is 1.16 bits per heavy atom. The first-order valence-corrected chi connectivity index (χ1v) is 15.0. The van der Waals surface area contributed by atoms with Gasteiger partial charge in [-0.15, -0.1) is 0 Å². The number of fused-ring (bicyclic) bond motifs is 9. The molecule has 0 aliphatic carbocycles. The van der Waals surface area contributed by atoms with Gasteiger partial charge in [-0.3, -0.25) is 0 Å². The van der Waals surface area contributed by atoms with E-state index in [0.717, 1.165) is 82.7 Å². The molecule has 0 amide bonds. The van der Waals surface area contributed by atoms with Crippen LogP contribution >= 0.6 is 0 Å². The Hall–Kier alpha value is -6.20. The summed E-state index contributed by atoms with van der Waals surface area (Å²) in [5, 5.41) is 5.46. The number of hydrogen-bond donors (Lipinski definition) is 0. The van der Waals surface area contributed by atoms with Crippen LogP contribution in [0.1, 0.15) is 0 Å². The predicted molar refractivity (Wildman–Crippen MR) is 182 cm³/mol. The van der Waals surface area contributed by atoms with Crippen molar-refractivity contribution in [3.05, 3.63) is 140 Å². The first-order chi connectivity index (χ1) is 22.3. The van der Waals surface area contributed by atoms with Crippen LogP contribution < -0.4 is 0 Å². The van der Waals surface area contributed by atoms with Crippen LogP contribution in [-0.4, -0.2) is 14.5 Å². The van der Waals surface area contributed by atoms with Gasteiger partial charge >= 0.3 is 0 Å². The highest BCUT2D eigenvalue weighted by Gasteiger charge is 2.22. The standard InChI is InChI=1S/C40H23N3O2/c1-2-12-24(13-3-1)37-39-38(28-17-7-11-21-35(28)45-39)42-40(41-37)27-16-5-9-19-32(27)43-31-18-8-4-14-25(31)29-23-36-30(22-33(29)43)26-15-6-10-20-34(26)44-36/h1-23H. The fourth-order valence-corrected chi connectivity index (χ4v) is 6.81. The van der Waals surface area contributed by atoms with Gasteiger partial charge in [0.2, 0.25) is 0 Å². The molecular weight excluding hydrogens is 554 g/mol. The van der Waals surface area contributed by atoms with Gasteiger partial charge in [0.15, 0.2) is 11.4 Å². The highest BCUT2D eigenvalue weighted by Crippen LogP contribution is 2.41. The molecule has 0 aliphatic heterocycles. The van der Waals surface area contributed by atoms with Gasteiger partial charge in [0.05, 0.1) is 16.7 Å². The van der Waals surface area contributed by atoms with E-state index in [9.17, 15) is 0 Å². The lowest BCUT2D eigenvalue weighted by atomic mass is 10.1. The summed E-state index contributed by atoms with van der Waals surface area (Å²) in [7, 11) is 0. The predicted octanol–water partition coefficient (Wildman–Crippen LogP) is 10.7. The first-order valence-electron chi connectivity index (χ1n) is 15.0. The fourth-order valence-electron chi connectivity index (χ4n) is 6.81. The maximum Gasteiger partial charge on any atom is 0.180 e. The molecule has 0 fully saturated rings. The summed E-state index contributed by atoms with van der Waals surface area (Å²) in [5.74, 6) is 0.643. The molecule has 5 nitrogen and oxygen atoms in total. The van der Waals surface area contributed by atoms with Crippen LogP contribution in [-0.2, 0) is 0 Å². The smallest absolute Gasteiger partial charge is 0.180 e. The molecular formula is C40H23N3O2. The van der Waals surface area contributed by atoms with Crippen molar-refractivity contribution in [2.75, 3.05) is 0 Å². The van der Waals surface area contributed by atoms with Crippen molar-refractivity contribution in [3.8, 4) is 28.3 Å². The van der Waals surface area contributed by atoms with E-state index in [1.54, 1.807) is 0 Å². The van der Waals surface area contributed by atoms with Crippen LogP contribution in [0.2, 0.25) is 0 Å². The summed E-state index contributed by atoms with van der Waals surface area (Å²) in [6.07, 6.45) is 0. The minimum Gasteiger partial charge on any atom is -0.456 e. The van der Waals surface area contributed by atoms with Crippen LogP contribution in [0.15, 0.2) is 148 Å².